The van der Waals surface area contributed by atoms with Gasteiger partial charge in [-0.2, -0.15) is 0 Å². The zero-order chi connectivity index (χ0) is 29.5. The van der Waals surface area contributed by atoms with Crippen LogP contribution >= 0.6 is 0 Å². The van der Waals surface area contributed by atoms with E-state index >= 15 is 0 Å². The lowest BCUT2D eigenvalue weighted by Gasteiger charge is -2.13. The van der Waals surface area contributed by atoms with Gasteiger partial charge in [0.15, 0.2) is 5.65 Å². The van der Waals surface area contributed by atoms with Crippen molar-refractivity contribution in [3.8, 4) is 28.4 Å². The van der Waals surface area contributed by atoms with E-state index < -0.39 is 6.16 Å². The summed E-state index contributed by atoms with van der Waals surface area (Å²) in [6.45, 7) is 3.31. The van der Waals surface area contributed by atoms with Crippen molar-refractivity contribution in [1.29, 1.82) is 0 Å². The highest BCUT2D eigenvalue weighted by Crippen LogP contribution is 2.31. The molecule has 0 aliphatic rings. The van der Waals surface area contributed by atoms with Gasteiger partial charge in [-0.25, -0.2) is 14.8 Å². The van der Waals surface area contributed by atoms with Gasteiger partial charge in [0.2, 0.25) is 0 Å². The molecule has 9 nitrogen and oxygen atoms in total. The van der Waals surface area contributed by atoms with Gasteiger partial charge in [0, 0.05) is 30.2 Å². The molecule has 0 aliphatic heterocycles. The van der Waals surface area contributed by atoms with E-state index in [1.165, 1.54) is 0 Å². The van der Waals surface area contributed by atoms with Crippen molar-refractivity contribution in [2.24, 2.45) is 0 Å². The lowest BCUT2D eigenvalue weighted by Crippen LogP contribution is -2.08. The highest BCUT2D eigenvalue weighted by Gasteiger charge is 2.15. The third kappa shape index (κ3) is 6.46. The Labute approximate surface area is 244 Å². The summed E-state index contributed by atoms with van der Waals surface area (Å²) in [5.41, 5.74) is 5.33. The summed E-state index contributed by atoms with van der Waals surface area (Å²) >= 11 is 0. The van der Waals surface area contributed by atoms with Crippen LogP contribution in [0, 0.1) is 0 Å². The Kier molecular flexibility index (Phi) is 8.87. The van der Waals surface area contributed by atoms with Crippen LogP contribution in [-0.4, -0.2) is 40.0 Å². The molecule has 0 fully saturated rings. The second-order valence-electron chi connectivity index (χ2n) is 9.85. The summed E-state index contributed by atoms with van der Waals surface area (Å²) in [5, 5.41) is 12.5. The normalized spacial score (nSPS) is 10.9. The van der Waals surface area contributed by atoms with Gasteiger partial charge in [-0.1, -0.05) is 55.8 Å². The van der Waals surface area contributed by atoms with E-state index in [-0.39, 0.29) is 0 Å². The number of methoxy groups -OCH3 is 2. The summed E-state index contributed by atoms with van der Waals surface area (Å²) in [6, 6.07) is 24.9. The smallest absolute Gasteiger partial charge is 0.497 e. The summed E-state index contributed by atoms with van der Waals surface area (Å²) in [6.07, 6.45) is 1.62. The molecular weight excluding hydrogens is 532 g/mol. The molecule has 5 aromatic rings. The third-order valence-corrected chi connectivity index (χ3v) is 7.07. The summed E-state index contributed by atoms with van der Waals surface area (Å²) in [4.78, 5) is 21.0. The largest absolute Gasteiger partial charge is 0.511 e. The van der Waals surface area contributed by atoms with E-state index in [0.29, 0.717) is 24.4 Å². The number of imidazole rings is 1. The van der Waals surface area contributed by atoms with Gasteiger partial charge < -0.3 is 29.2 Å². The van der Waals surface area contributed by atoms with Crippen molar-refractivity contribution in [3.63, 3.8) is 0 Å². The number of nitrogens with zero attached hydrogens (tertiary/aromatic N) is 3. The predicted octanol–water partition coefficient (Wildman–Crippen LogP) is 7.18. The topological polar surface area (TPSA) is 108 Å². The fourth-order valence-corrected chi connectivity index (χ4v) is 4.88. The number of aromatic nitrogens is 3. The molecule has 9 heteroatoms. The molecule has 0 radical (unpaired) electrons. The quantitative estimate of drug-likeness (QED) is 0.121. The number of hydrogen-bond donors (Lipinski definition) is 2. The van der Waals surface area contributed by atoms with Crippen LogP contribution in [0.4, 0.5) is 10.6 Å². The monoisotopic (exact) mass is 566 g/mol. The molecular formula is C33H34N4O5. The van der Waals surface area contributed by atoms with Gasteiger partial charge in [0.1, 0.15) is 34.4 Å². The van der Waals surface area contributed by atoms with E-state index in [1.807, 2.05) is 66.7 Å². The van der Waals surface area contributed by atoms with E-state index in [1.54, 1.807) is 26.4 Å². The Hall–Kier alpha value is -5.05. The number of ether oxygens (including phenoxy) is 3. The molecule has 42 heavy (non-hydrogen) atoms. The Balaban J connectivity index is 1.41. The highest BCUT2D eigenvalue weighted by atomic mass is 16.7. The first kappa shape index (κ1) is 28.5. The second kappa shape index (κ2) is 13.1. The van der Waals surface area contributed by atoms with Crippen LogP contribution in [0.3, 0.4) is 0 Å². The molecule has 0 aliphatic carbocycles. The van der Waals surface area contributed by atoms with Gasteiger partial charge in [-0.3, -0.25) is 0 Å². The van der Waals surface area contributed by atoms with E-state index in [4.69, 9.17) is 29.3 Å². The van der Waals surface area contributed by atoms with Crippen LogP contribution in [0.2, 0.25) is 0 Å². The van der Waals surface area contributed by atoms with E-state index in [2.05, 4.69) is 16.8 Å². The molecule has 0 unspecified atom stereocenters. The zero-order valence-corrected chi connectivity index (χ0v) is 24.0. The summed E-state index contributed by atoms with van der Waals surface area (Å²) in [7, 11) is 3.28. The molecule has 0 atom stereocenters. The van der Waals surface area contributed by atoms with Crippen LogP contribution in [-0.2, 0) is 19.5 Å². The number of carbonyl (C=O) groups is 1. The van der Waals surface area contributed by atoms with Crippen LogP contribution in [0.25, 0.3) is 22.3 Å². The number of benzene rings is 3. The Morgan fingerprint density at radius 1 is 0.929 bits per heavy atom. The Morgan fingerprint density at radius 2 is 1.74 bits per heavy atom. The van der Waals surface area contributed by atoms with Crippen LogP contribution in [0.1, 0.15) is 36.7 Å². The number of para-hydroxylation sites is 1. The first-order valence-electron chi connectivity index (χ1n) is 13.9. The number of nitrogens with one attached hydrogen (secondary N) is 1. The maximum atomic E-state index is 11.1. The molecule has 5 rings (SSSR count). The number of fused-ring (bicyclic) bond motifs is 1. The molecule has 0 amide bonds. The fourth-order valence-electron chi connectivity index (χ4n) is 4.88. The maximum absolute atomic E-state index is 11.1. The van der Waals surface area contributed by atoms with Gasteiger partial charge in [0.25, 0.3) is 0 Å². The molecule has 2 N–H and O–H groups in total. The minimum Gasteiger partial charge on any atom is -0.497 e. The van der Waals surface area contributed by atoms with E-state index in [9.17, 15) is 4.79 Å². The van der Waals surface area contributed by atoms with Gasteiger partial charge in [-0.05, 0) is 47.9 Å². The summed E-state index contributed by atoms with van der Waals surface area (Å²) in [5.74, 6) is 3.53. The molecule has 216 valence electrons. The number of hydrogen-bond acceptors (Lipinski definition) is 7. The minimum atomic E-state index is -1.34. The van der Waals surface area contributed by atoms with Crippen molar-refractivity contribution in [2.45, 2.75) is 39.3 Å². The first-order valence-corrected chi connectivity index (χ1v) is 13.9. The zero-order valence-electron chi connectivity index (χ0n) is 24.0. The number of unbranched alkanes of at least 4 members (excludes halogenated alkanes) is 1. The fraction of sp³-hybridized carbons (Fsp3) is 0.242. The van der Waals surface area contributed by atoms with E-state index in [0.717, 1.165) is 70.3 Å². The first-order chi connectivity index (χ1) is 20.5. The summed E-state index contributed by atoms with van der Waals surface area (Å²) < 4.78 is 18.0. The molecule has 0 saturated carbocycles. The lowest BCUT2D eigenvalue weighted by molar-refractivity contribution is 0.144. The van der Waals surface area contributed by atoms with Gasteiger partial charge in [-0.15, -0.1) is 0 Å². The maximum Gasteiger partial charge on any atom is 0.511 e. The van der Waals surface area contributed by atoms with Crippen molar-refractivity contribution in [2.75, 3.05) is 19.5 Å². The minimum absolute atomic E-state index is 0.302. The highest BCUT2D eigenvalue weighted by molar-refractivity contribution is 5.75. The number of aryl methyl sites for hydroxylation is 1. The number of anilines is 1. The van der Waals surface area contributed by atoms with Crippen LogP contribution in [0.15, 0.2) is 78.9 Å². The lowest BCUT2D eigenvalue weighted by atomic mass is 10.0. The molecule has 2 aromatic heterocycles. The number of rotatable bonds is 12. The van der Waals surface area contributed by atoms with Gasteiger partial charge in [0.05, 0.1) is 20.8 Å². The van der Waals surface area contributed by atoms with Crippen molar-refractivity contribution in [3.05, 3.63) is 95.8 Å². The SMILES string of the molecule is CCCCc1nc2ccc(NCc3ccc(OC)cc3OC)nc2n1Cc1ccc(-c2ccccc2OC(=O)O)cc1. The predicted molar refractivity (Wildman–Crippen MR) is 163 cm³/mol. The molecule has 0 bridgehead atoms. The average molecular weight is 567 g/mol. The Morgan fingerprint density at radius 3 is 2.48 bits per heavy atom. The van der Waals surface area contributed by atoms with Crippen LogP contribution < -0.4 is 19.5 Å². The average Bonchev–Trinajstić information content (AvgIpc) is 3.35. The Bertz CT molecular complexity index is 1680. The molecule has 3 aromatic carbocycles. The van der Waals surface area contributed by atoms with Crippen molar-refractivity contribution < 1.29 is 24.1 Å². The molecule has 0 spiro atoms. The number of carboxylic acid groups (broad SMARTS) is 1. The van der Waals surface area contributed by atoms with Crippen LogP contribution in [0.5, 0.6) is 17.2 Å². The van der Waals surface area contributed by atoms with Gasteiger partial charge >= 0.3 is 6.16 Å². The van der Waals surface area contributed by atoms with Crippen molar-refractivity contribution in [1.82, 2.24) is 14.5 Å². The standard InChI is InChI=1S/C33H34N4O5/c1-4-5-10-31-35-27-17-18-30(34-20-24-15-16-25(40-2)19-29(24)41-3)36-32(27)37(31)21-22-11-13-23(14-12-22)26-8-6-7-9-28(26)42-33(38)39/h6-9,11-19H,4-5,10,20-21H2,1-3H3,(H,34,36)(H,38,39). The molecule has 2 heterocycles. The number of pyridine rings is 1. The molecule has 0 saturated heterocycles. The second-order valence-corrected chi connectivity index (χ2v) is 9.85. The van der Waals surface area contributed by atoms with Crippen molar-refractivity contribution >= 4 is 23.1 Å². The third-order valence-electron chi connectivity index (χ3n) is 7.07.